The number of carbonyl (C=O) groups is 5. The summed E-state index contributed by atoms with van der Waals surface area (Å²) in [7, 11) is 0. The molecule has 0 radical (unpaired) electrons. The van der Waals surface area contributed by atoms with Gasteiger partial charge in [-0.15, -0.1) is 0 Å². The van der Waals surface area contributed by atoms with Crippen molar-refractivity contribution in [2.24, 2.45) is 0 Å². The quantitative estimate of drug-likeness (QED) is 0.198. The van der Waals surface area contributed by atoms with Gasteiger partial charge >= 0.3 is 5.97 Å². The average Bonchev–Trinajstić information content (AvgIpc) is 3.09. The third kappa shape index (κ3) is 7.64. The minimum atomic E-state index is -1.24. The SMILES string of the molecule is O=C(CN1C(=O)c2cccc3c(N4CCCCCCC4)ccc(c23)C1=O)NC(Cc1ccccc1)C(=O)NC(Cc1ccccc1)C(=O)O. The fraction of sp³-hybridized carbons (Fsp3) is 0.308. The number of carboxylic acids is 1. The van der Waals surface area contributed by atoms with Crippen LogP contribution in [0.1, 0.15) is 63.9 Å². The second-order valence-corrected chi connectivity index (χ2v) is 12.7. The Morgan fingerprint density at radius 2 is 1.22 bits per heavy atom. The molecule has 1 saturated heterocycles. The van der Waals surface area contributed by atoms with Crippen LogP contribution in [0.25, 0.3) is 10.8 Å². The average molecular weight is 661 g/mol. The molecule has 252 valence electrons. The normalized spacial score (nSPS) is 16.0. The Morgan fingerprint density at radius 3 is 1.84 bits per heavy atom. The van der Waals surface area contributed by atoms with Crippen molar-refractivity contribution in [3.63, 3.8) is 0 Å². The van der Waals surface area contributed by atoms with Crippen molar-refractivity contribution in [3.8, 4) is 0 Å². The standard InChI is InChI=1S/C39H40N4O6/c44-34(40-31(23-26-13-6-4-7-14-26)36(45)41-32(39(48)49)24-27-15-8-5-9-16-27)25-43-37(46)29-18-12-17-28-33(20-19-30(35(28)29)38(43)47)42-21-10-2-1-3-11-22-42/h4-9,12-20,31-32H,1-3,10-11,21-25H2,(H,40,44)(H,41,45)(H,48,49). The number of rotatable bonds is 11. The van der Waals surface area contributed by atoms with E-state index in [2.05, 4.69) is 15.5 Å². The van der Waals surface area contributed by atoms with Gasteiger partial charge in [0.05, 0.1) is 0 Å². The zero-order chi connectivity index (χ0) is 34.3. The maximum absolute atomic E-state index is 13.8. The molecule has 0 spiro atoms. The molecule has 10 nitrogen and oxygen atoms in total. The van der Waals surface area contributed by atoms with E-state index in [0.29, 0.717) is 16.5 Å². The van der Waals surface area contributed by atoms with Gasteiger partial charge in [0, 0.05) is 53.5 Å². The monoisotopic (exact) mass is 660 g/mol. The maximum Gasteiger partial charge on any atom is 0.326 e. The lowest BCUT2D eigenvalue weighted by molar-refractivity contribution is -0.142. The summed E-state index contributed by atoms with van der Waals surface area (Å²) in [5.74, 6) is -3.79. The Hall–Kier alpha value is -5.51. The number of anilines is 1. The molecular formula is C39H40N4O6. The molecule has 4 aromatic rings. The summed E-state index contributed by atoms with van der Waals surface area (Å²) in [6.07, 6.45) is 5.86. The summed E-state index contributed by atoms with van der Waals surface area (Å²) in [6.45, 7) is 1.21. The molecule has 2 aliphatic rings. The van der Waals surface area contributed by atoms with Crippen molar-refractivity contribution in [1.29, 1.82) is 0 Å². The topological polar surface area (TPSA) is 136 Å². The molecule has 0 saturated carbocycles. The largest absolute Gasteiger partial charge is 0.480 e. The van der Waals surface area contributed by atoms with E-state index in [1.807, 2.05) is 24.3 Å². The Balaban J connectivity index is 1.21. The van der Waals surface area contributed by atoms with E-state index in [4.69, 9.17) is 0 Å². The van der Waals surface area contributed by atoms with Crippen LogP contribution < -0.4 is 15.5 Å². The van der Waals surface area contributed by atoms with E-state index in [9.17, 15) is 29.1 Å². The van der Waals surface area contributed by atoms with Gasteiger partial charge in [-0.2, -0.15) is 0 Å². The first-order valence-corrected chi connectivity index (χ1v) is 16.9. The van der Waals surface area contributed by atoms with Crippen LogP contribution in [-0.2, 0) is 27.2 Å². The Bertz CT molecular complexity index is 1830. The summed E-state index contributed by atoms with van der Waals surface area (Å²) >= 11 is 0. The Morgan fingerprint density at radius 1 is 0.653 bits per heavy atom. The molecule has 10 heteroatoms. The van der Waals surface area contributed by atoms with Crippen LogP contribution in [0.2, 0.25) is 0 Å². The summed E-state index contributed by atoms with van der Waals surface area (Å²) in [4.78, 5) is 70.1. The van der Waals surface area contributed by atoms with Crippen molar-refractivity contribution in [1.82, 2.24) is 15.5 Å². The van der Waals surface area contributed by atoms with Gasteiger partial charge < -0.3 is 20.6 Å². The minimum Gasteiger partial charge on any atom is -0.480 e. The second kappa shape index (κ2) is 15.1. The number of amides is 4. The maximum atomic E-state index is 13.8. The van der Waals surface area contributed by atoms with Gasteiger partial charge in [0.15, 0.2) is 0 Å². The molecule has 1 fully saturated rings. The number of nitrogens with zero attached hydrogens (tertiary/aromatic N) is 2. The zero-order valence-electron chi connectivity index (χ0n) is 27.3. The highest BCUT2D eigenvalue weighted by Gasteiger charge is 2.36. The highest BCUT2D eigenvalue weighted by molar-refractivity contribution is 6.27. The van der Waals surface area contributed by atoms with E-state index in [0.717, 1.165) is 53.0 Å². The molecule has 2 aliphatic heterocycles. The van der Waals surface area contributed by atoms with E-state index >= 15 is 0 Å². The first kappa shape index (κ1) is 33.4. The van der Waals surface area contributed by atoms with Crippen LogP contribution >= 0.6 is 0 Å². The number of imide groups is 1. The molecule has 0 aromatic heterocycles. The van der Waals surface area contributed by atoms with Gasteiger partial charge in [0.2, 0.25) is 11.8 Å². The van der Waals surface area contributed by atoms with Crippen molar-refractivity contribution in [2.75, 3.05) is 24.5 Å². The summed E-state index contributed by atoms with van der Waals surface area (Å²) in [5.41, 5.74) is 3.15. The highest BCUT2D eigenvalue weighted by atomic mass is 16.4. The molecule has 4 amide bonds. The van der Waals surface area contributed by atoms with Crippen LogP contribution in [-0.4, -0.2) is 71.3 Å². The number of hydrogen-bond acceptors (Lipinski definition) is 6. The Labute approximate surface area is 285 Å². The molecule has 2 unspecified atom stereocenters. The smallest absolute Gasteiger partial charge is 0.326 e. The lowest BCUT2D eigenvalue weighted by atomic mass is 9.92. The van der Waals surface area contributed by atoms with Crippen molar-refractivity contribution in [2.45, 2.75) is 57.0 Å². The molecular weight excluding hydrogens is 620 g/mol. The molecule has 49 heavy (non-hydrogen) atoms. The number of hydrogen-bond donors (Lipinski definition) is 3. The number of benzene rings is 4. The van der Waals surface area contributed by atoms with Gasteiger partial charge in [0.25, 0.3) is 11.8 Å². The fourth-order valence-corrected chi connectivity index (χ4v) is 6.80. The second-order valence-electron chi connectivity index (χ2n) is 12.7. The first-order chi connectivity index (χ1) is 23.8. The van der Waals surface area contributed by atoms with Gasteiger partial charge in [0.1, 0.15) is 18.6 Å². The zero-order valence-corrected chi connectivity index (χ0v) is 27.3. The molecule has 0 aliphatic carbocycles. The number of carboxylic acid groups (broad SMARTS) is 1. The fourth-order valence-electron chi connectivity index (χ4n) is 6.80. The van der Waals surface area contributed by atoms with E-state index in [1.54, 1.807) is 66.7 Å². The van der Waals surface area contributed by atoms with Crippen molar-refractivity contribution < 1.29 is 29.1 Å². The first-order valence-electron chi connectivity index (χ1n) is 16.9. The molecule has 4 aromatic carbocycles. The number of nitrogens with one attached hydrogen (secondary N) is 2. The van der Waals surface area contributed by atoms with Crippen LogP contribution in [0.15, 0.2) is 91.0 Å². The van der Waals surface area contributed by atoms with E-state index in [1.165, 1.54) is 19.3 Å². The molecule has 0 bridgehead atoms. The molecule has 2 heterocycles. The van der Waals surface area contributed by atoms with Gasteiger partial charge in [-0.05, 0) is 42.2 Å². The predicted octanol–water partition coefficient (Wildman–Crippen LogP) is 4.75. The molecule has 3 N–H and O–H groups in total. The third-order valence-electron chi connectivity index (χ3n) is 9.30. The van der Waals surface area contributed by atoms with Gasteiger partial charge in [-0.3, -0.25) is 24.1 Å². The van der Waals surface area contributed by atoms with Crippen LogP contribution in [0.4, 0.5) is 5.69 Å². The summed E-state index contributed by atoms with van der Waals surface area (Å²) in [6, 6.07) is 24.6. The van der Waals surface area contributed by atoms with Crippen LogP contribution in [0.3, 0.4) is 0 Å². The minimum absolute atomic E-state index is 0.0507. The van der Waals surface area contributed by atoms with Crippen LogP contribution in [0.5, 0.6) is 0 Å². The van der Waals surface area contributed by atoms with Gasteiger partial charge in [-0.25, -0.2) is 4.79 Å². The Kier molecular flexibility index (Phi) is 10.3. The van der Waals surface area contributed by atoms with Crippen molar-refractivity contribution in [3.05, 3.63) is 113 Å². The predicted molar refractivity (Wildman–Crippen MR) is 186 cm³/mol. The number of aliphatic carboxylic acids is 1. The van der Waals surface area contributed by atoms with Crippen LogP contribution in [0, 0.1) is 0 Å². The number of carbonyl (C=O) groups excluding carboxylic acids is 4. The summed E-state index contributed by atoms with van der Waals surface area (Å²) in [5, 5.41) is 16.6. The lowest BCUT2D eigenvalue weighted by Crippen LogP contribution is -2.55. The van der Waals surface area contributed by atoms with Gasteiger partial charge in [-0.1, -0.05) is 92.1 Å². The van der Waals surface area contributed by atoms with E-state index in [-0.39, 0.29) is 12.8 Å². The third-order valence-corrected chi connectivity index (χ3v) is 9.30. The molecule has 6 rings (SSSR count). The van der Waals surface area contributed by atoms with Crippen molar-refractivity contribution >= 4 is 46.1 Å². The highest BCUT2D eigenvalue weighted by Crippen LogP contribution is 2.36. The van der Waals surface area contributed by atoms with E-state index < -0.39 is 48.2 Å². The molecule has 2 atom stereocenters. The lowest BCUT2D eigenvalue weighted by Gasteiger charge is -2.31. The summed E-state index contributed by atoms with van der Waals surface area (Å²) < 4.78 is 0.